The molecular formula is C24H18N2O2. The molecule has 2 aromatic carbocycles. The van der Waals surface area contributed by atoms with Gasteiger partial charge in [0, 0.05) is 11.9 Å². The number of H-pyrrole nitrogens is 1. The SMILES string of the molecule is O=C1C(=O)C2c3ccc(-c4ccc[nH]4)cc3C1c1ccc(C3CC=CN3)cc12. The van der Waals surface area contributed by atoms with Crippen LogP contribution in [-0.2, 0) is 9.59 Å². The molecular weight excluding hydrogens is 348 g/mol. The monoisotopic (exact) mass is 366 g/mol. The van der Waals surface area contributed by atoms with Gasteiger partial charge in [0.2, 0.25) is 11.6 Å². The Labute approximate surface area is 162 Å². The fourth-order valence-electron chi connectivity index (χ4n) is 4.96. The minimum Gasteiger partial charge on any atom is -0.384 e. The third-order valence-electron chi connectivity index (χ3n) is 6.31. The summed E-state index contributed by atoms with van der Waals surface area (Å²) in [5.74, 6) is -1.51. The van der Waals surface area contributed by atoms with Crippen LogP contribution in [0.15, 0.2) is 67.0 Å². The molecule has 3 atom stereocenters. The van der Waals surface area contributed by atoms with Gasteiger partial charge in [0.25, 0.3) is 0 Å². The summed E-state index contributed by atoms with van der Waals surface area (Å²) in [5, 5.41) is 3.35. The lowest BCUT2D eigenvalue weighted by Gasteiger charge is -2.38. The fraction of sp³-hybridized carbons (Fsp3) is 0.167. The second-order valence-corrected chi connectivity index (χ2v) is 7.77. The zero-order valence-corrected chi connectivity index (χ0v) is 15.1. The summed E-state index contributed by atoms with van der Waals surface area (Å²) in [5.41, 5.74) is 7.16. The van der Waals surface area contributed by atoms with Gasteiger partial charge in [-0.2, -0.15) is 0 Å². The molecule has 0 radical (unpaired) electrons. The number of carbonyl (C=O) groups is 2. The summed E-state index contributed by atoms with van der Waals surface area (Å²) in [6.45, 7) is 0. The molecule has 4 nitrogen and oxygen atoms in total. The Morgan fingerprint density at radius 3 is 2.25 bits per heavy atom. The van der Waals surface area contributed by atoms with Gasteiger partial charge >= 0.3 is 0 Å². The van der Waals surface area contributed by atoms with E-state index in [9.17, 15) is 9.59 Å². The molecule has 2 N–H and O–H groups in total. The van der Waals surface area contributed by atoms with Crippen LogP contribution in [0.1, 0.15) is 52.1 Å². The number of fused-ring (bicyclic) bond motifs is 1. The molecule has 4 heteroatoms. The van der Waals surface area contributed by atoms with E-state index in [0.717, 1.165) is 39.9 Å². The number of ketones is 2. The van der Waals surface area contributed by atoms with Crippen molar-refractivity contribution in [2.24, 2.45) is 0 Å². The lowest BCUT2D eigenvalue weighted by molar-refractivity contribution is -0.138. The number of carbonyl (C=O) groups excluding carboxylic acids is 2. The summed E-state index contributed by atoms with van der Waals surface area (Å²) >= 11 is 0. The standard InChI is InChI=1S/C24H18N2O2/c27-23-21-16-8-6-14(20-4-2-10-26-20)12-18(16)22(24(23)28)15-7-5-13(11-17(15)21)19-3-1-9-25-19/h1-3,5-12,20-22,25-26H,4H2. The van der Waals surface area contributed by atoms with Crippen molar-refractivity contribution in [3.05, 3.63) is 94.8 Å². The summed E-state index contributed by atoms with van der Waals surface area (Å²) in [7, 11) is 0. The fourth-order valence-corrected chi connectivity index (χ4v) is 4.96. The molecule has 0 fully saturated rings. The summed E-state index contributed by atoms with van der Waals surface area (Å²) < 4.78 is 0. The van der Waals surface area contributed by atoms with E-state index in [-0.39, 0.29) is 17.6 Å². The normalized spacial score (nSPS) is 24.2. The van der Waals surface area contributed by atoms with E-state index in [1.807, 2.05) is 36.7 Å². The van der Waals surface area contributed by atoms with E-state index < -0.39 is 11.8 Å². The van der Waals surface area contributed by atoms with Crippen LogP contribution in [0.3, 0.4) is 0 Å². The summed E-state index contributed by atoms with van der Waals surface area (Å²) in [6.07, 6.45) is 6.92. The Morgan fingerprint density at radius 2 is 1.57 bits per heavy atom. The van der Waals surface area contributed by atoms with Crippen LogP contribution < -0.4 is 5.32 Å². The average Bonchev–Trinajstić information content (AvgIpc) is 3.44. The first kappa shape index (κ1) is 15.6. The van der Waals surface area contributed by atoms with E-state index >= 15 is 0 Å². The number of aromatic amines is 1. The topological polar surface area (TPSA) is 62.0 Å². The molecule has 0 saturated heterocycles. The molecule has 1 aliphatic heterocycles. The molecule has 2 heterocycles. The Bertz CT molecular complexity index is 1170. The number of aromatic nitrogens is 1. The van der Waals surface area contributed by atoms with Crippen molar-refractivity contribution < 1.29 is 9.59 Å². The molecule has 28 heavy (non-hydrogen) atoms. The van der Waals surface area contributed by atoms with Gasteiger partial charge in [0.05, 0.1) is 17.9 Å². The van der Waals surface area contributed by atoms with E-state index in [0.29, 0.717) is 0 Å². The molecule has 136 valence electrons. The highest BCUT2D eigenvalue weighted by Gasteiger charge is 2.49. The van der Waals surface area contributed by atoms with Crippen molar-refractivity contribution >= 4 is 11.6 Å². The highest BCUT2D eigenvalue weighted by Crippen LogP contribution is 2.50. The number of hydrogen-bond donors (Lipinski definition) is 2. The Hall–Kier alpha value is -3.40. The third kappa shape index (κ3) is 2.00. The second kappa shape index (κ2) is 5.55. The van der Waals surface area contributed by atoms with Gasteiger partial charge in [-0.1, -0.05) is 36.4 Å². The van der Waals surface area contributed by atoms with Crippen molar-refractivity contribution in [2.45, 2.75) is 24.3 Å². The van der Waals surface area contributed by atoms with Gasteiger partial charge in [0.15, 0.2) is 0 Å². The van der Waals surface area contributed by atoms with Gasteiger partial charge < -0.3 is 10.3 Å². The van der Waals surface area contributed by atoms with Crippen LogP contribution in [0.4, 0.5) is 0 Å². The highest BCUT2D eigenvalue weighted by atomic mass is 16.2. The van der Waals surface area contributed by atoms with E-state index in [2.05, 4.69) is 40.6 Å². The maximum Gasteiger partial charge on any atom is 0.211 e. The number of benzene rings is 2. The van der Waals surface area contributed by atoms with Crippen molar-refractivity contribution in [1.82, 2.24) is 10.3 Å². The van der Waals surface area contributed by atoms with E-state index in [1.165, 1.54) is 5.56 Å². The first-order valence-electron chi connectivity index (χ1n) is 9.63. The van der Waals surface area contributed by atoms with Crippen LogP contribution >= 0.6 is 0 Å². The first-order valence-corrected chi connectivity index (χ1v) is 9.63. The van der Waals surface area contributed by atoms with Crippen LogP contribution in [0.25, 0.3) is 11.3 Å². The summed E-state index contributed by atoms with van der Waals surface area (Å²) in [4.78, 5) is 29.0. The minimum atomic E-state index is -0.485. The zero-order valence-electron chi connectivity index (χ0n) is 15.1. The smallest absolute Gasteiger partial charge is 0.211 e. The molecule has 4 aliphatic rings. The van der Waals surface area contributed by atoms with E-state index in [4.69, 9.17) is 0 Å². The zero-order chi connectivity index (χ0) is 18.8. The van der Waals surface area contributed by atoms with Gasteiger partial charge in [0.1, 0.15) is 0 Å². The van der Waals surface area contributed by atoms with Gasteiger partial charge in [-0.3, -0.25) is 9.59 Å². The molecule has 2 bridgehead atoms. The molecule has 0 amide bonds. The lowest BCUT2D eigenvalue weighted by atomic mass is 9.62. The minimum absolute atomic E-state index is 0.242. The molecule has 3 unspecified atom stereocenters. The summed E-state index contributed by atoms with van der Waals surface area (Å²) in [6, 6.07) is 16.6. The highest BCUT2D eigenvalue weighted by molar-refractivity contribution is 6.45. The quantitative estimate of drug-likeness (QED) is 0.675. The average molecular weight is 366 g/mol. The van der Waals surface area contributed by atoms with Crippen LogP contribution in [-0.4, -0.2) is 16.6 Å². The van der Waals surface area contributed by atoms with Crippen LogP contribution in [0.2, 0.25) is 0 Å². The number of nitrogens with one attached hydrogen (secondary N) is 2. The molecule has 1 aromatic heterocycles. The van der Waals surface area contributed by atoms with Crippen molar-refractivity contribution in [3.63, 3.8) is 0 Å². The number of rotatable bonds is 2. The van der Waals surface area contributed by atoms with Gasteiger partial charge in [-0.05, 0) is 64.2 Å². The molecule has 3 aliphatic carbocycles. The maximum absolute atomic E-state index is 12.9. The van der Waals surface area contributed by atoms with Crippen LogP contribution in [0.5, 0.6) is 0 Å². The Balaban J connectivity index is 1.52. The molecule has 0 saturated carbocycles. The van der Waals surface area contributed by atoms with Crippen molar-refractivity contribution in [1.29, 1.82) is 0 Å². The third-order valence-corrected chi connectivity index (χ3v) is 6.31. The Morgan fingerprint density at radius 1 is 0.821 bits per heavy atom. The first-order chi connectivity index (χ1) is 13.7. The maximum atomic E-state index is 12.9. The van der Waals surface area contributed by atoms with E-state index in [1.54, 1.807) is 0 Å². The molecule has 3 aromatic rings. The largest absolute Gasteiger partial charge is 0.384 e. The molecule has 0 spiro atoms. The Kier molecular flexibility index (Phi) is 3.10. The van der Waals surface area contributed by atoms with Crippen molar-refractivity contribution in [2.75, 3.05) is 0 Å². The van der Waals surface area contributed by atoms with Crippen molar-refractivity contribution in [3.8, 4) is 11.3 Å². The van der Waals surface area contributed by atoms with Gasteiger partial charge in [-0.15, -0.1) is 0 Å². The predicted octanol–water partition coefficient (Wildman–Crippen LogP) is 3.96. The molecule has 7 rings (SSSR count). The second-order valence-electron chi connectivity index (χ2n) is 7.77. The number of hydrogen-bond acceptors (Lipinski definition) is 3. The lowest BCUT2D eigenvalue weighted by Crippen LogP contribution is -2.40. The number of Topliss-reactive ketones (excluding diaryl/α,β-unsaturated/α-hetero) is 2. The van der Waals surface area contributed by atoms with Crippen LogP contribution in [0, 0.1) is 0 Å². The van der Waals surface area contributed by atoms with Gasteiger partial charge in [-0.25, -0.2) is 0 Å². The predicted molar refractivity (Wildman–Crippen MR) is 106 cm³/mol.